The molecule has 1 atom stereocenters. The van der Waals surface area contributed by atoms with Gasteiger partial charge >= 0.3 is 0 Å². The molecule has 0 fully saturated rings. The van der Waals surface area contributed by atoms with Gasteiger partial charge in [-0.2, -0.15) is 5.26 Å². The average Bonchev–Trinajstić information content (AvgIpc) is 2.50. The summed E-state index contributed by atoms with van der Waals surface area (Å²) >= 11 is 0. The Kier molecular flexibility index (Phi) is 7.44. The Morgan fingerprint density at radius 3 is 2.14 bits per heavy atom. The number of ether oxygens (including phenoxy) is 1. The zero-order valence-electron chi connectivity index (χ0n) is 12.4. The van der Waals surface area contributed by atoms with Crippen molar-refractivity contribution in [3.63, 3.8) is 0 Å². The fourth-order valence-electron chi connectivity index (χ4n) is 1.53. The first kappa shape index (κ1) is 18.4. The molecule has 0 aromatic rings. The molecule has 0 aliphatic carbocycles. The summed E-state index contributed by atoms with van der Waals surface area (Å²) in [4.78, 5) is 29.0. The highest BCUT2D eigenvalue weighted by Gasteiger charge is 2.21. The van der Waals surface area contributed by atoms with Crippen molar-refractivity contribution in [3.05, 3.63) is 35.8 Å². The number of hydrogen-bond donors (Lipinski definition) is 0. The highest BCUT2D eigenvalue weighted by atomic mass is 16.5. The number of amides is 2. The van der Waals surface area contributed by atoms with Crippen LogP contribution in [0.15, 0.2) is 24.4 Å². The van der Waals surface area contributed by atoms with E-state index in [0.29, 0.717) is 0 Å². The highest BCUT2D eigenvalue weighted by molar-refractivity contribution is 5.96. The summed E-state index contributed by atoms with van der Waals surface area (Å²) in [6.07, 6.45) is -0.460. The van der Waals surface area contributed by atoms with E-state index in [4.69, 9.17) is 16.6 Å². The van der Waals surface area contributed by atoms with Gasteiger partial charge in [0.15, 0.2) is 0 Å². The molecule has 112 valence electrons. The van der Waals surface area contributed by atoms with Crippen LogP contribution in [0.2, 0.25) is 0 Å². The van der Waals surface area contributed by atoms with Gasteiger partial charge in [0.2, 0.25) is 5.70 Å². The van der Waals surface area contributed by atoms with Crippen LogP contribution in [-0.4, -0.2) is 62.0 Å². The maximum absolute atomic E-state index is 11.7. The molecule has 0 rings (SSSR count). The van der Waals surface area contributed by atoms with E-state index in [-0.39, 0.29) is 24.4 Å². The Morgan fingerprint density at radius 1 is 1.29 bits per heavy atom. The molecule has 0 saturated heterocycles. The Balaban J connectivity index is 4.68. The van der Waals surface area contributed by atoms with Crippen molar-refractivity contribution in [2.45, 2.75) is 6.10 Å². The van der Waals surface area contributed by atoms with E-state index in [1.54, 1.807) is 6.07 Å². The summed E-state index contributed by atoms with van der Waals surface area (Å²) in [5.41, 5.74) is -0.354. The summed E-state index contributed by atoms with van der Waals surface area (Å²) in [6, 6.07) is 1.68. The van der Waals surface area contributed by atoms with Gasteiger partial charge < -0.3 is 14.5 Å². The molecule has 7 heteroatoms. The number of nitrogens with zero attached hydrogens (tertiary/aromatic N) is 4. The van der Waals surface area contributed by atoms with E-state index in [1.165, 1.54) is 31.0 Å². The van der Waals surface area contributed by atoms with Crippen LogP contribution in [0.4, 0.5) is 0 Å². The Morgan fingerprint density at radius 2 is 1.76 bits per heavy atom. The molecule has 0 N–H and O–H groups in total. The van der Waals surface area contributed by atoms with Crippen molar-refractivity contribution < 1.29 is 14.3 Å². The Labute approximate surface area is 124 Å². The maximum Gasteiger partial charge on any atom is 0.263 e. The van der Waals surface area contributed by atoms with Gasteiger partial charge in [-0.1, -0.05) is 13.2 Å². The lowest BCUT2D eigenvalue weighted by Crippen LogP contribution is -2.43. The van der Waals surface area contributed by atoms with Crippen molar-refractivity contribution >= 4 is 11.8 Å². The molecule has 21 heavy (non-hydrogen) atoms. The van der Waals surface area contributed by atoms with E-state index in [2.05, 4.69) is 18.0 Å². The normalized spacial score (nSPS) is 10.7. The largest absolute Gasteiger partial charge is 0.378 e. The second-order valence-electron chi connectivity index (χ2n) is 4.38. The first-order valence-electron chi connectivity index (χ1n) is 5.97. The standard InChI is InChI=1S/C14H18N4O3/c1-10(7-15)13(19)17(4)8-12(21-6)9-18(5)14(20)11(2)16-3/h12H,1-2,8-9H2,4-6H3. The SMILES string of the molecule is [C-]#[N+]C(=C)C(=O)N(C)CC(CN(C)C(=O)C(=C)C#N)OC. The number of likely N-dealkylation sites (N-methyl/N-ethyl adjacent to an activating group) is 2. The number of carbonyl (C=O) groups is 2. The lowest BCUT2D eigenvalue weighted by molar-refractivity contribution is -0.129. The lowest BCUT2D eigenvalue weighted by atomic mass is 10.2. The van der Waals surface area contributed by atoms with Gasteiger partial charge in [-0.05, 0) is 0 Å². The topological polar surface area (TPSA) is 78.0 Å². The molecule has 0 aromatic carbocycles. The van der Waals surface area contributed by atoms with Crippen LogP contribution in [0.3, 0.4) is 0 Å². The van der Waals surface area contributed by atoms with Gasteiger partial charge in [0.05, 0.1) is 12.7 Å². The second-order valence-corrected chi connectivity index (χ2v) is 4.38. The summed E-state index contributed by atoms with van der Waals surface area (Å²) < 4.78 is 5.21. The summed E-state index contributed by atoms with van der Waals surface area (Å²) in [5.74, 6) is -0.999. The third-order valence-electron chi connectivity index (χ3n) is 2.76. The predicted octanol–water partition coefficient (Wildman–Crippen LogP) is 0.431. The maximum atomic E-state index is 11.7. The van der Waals surface area contributed by atoms with Gasteiger partial charge in [-0.3, -0.25) is 9.59 Å². The molecule has 0 aliphatic heterocycles. The third-order valence-corrected chi connectivity index (χ3v) is 2.76. The Hall–Kier alpha value is -2.64. The molecule has 2 amide bonds. The first-order chi connectivity index (χ1) is 9.78. The number of methoxy groups -OCH3 is 1. The molecule has 1 unspecified atom stereocenters. The zero-order chi connectivity index (χ0) is 16.6. The number of nitriles is 1. The molecule has 0 aromatic heterocycles. The smallest absolute Gasteiger partial charge is 0.263 e. The van der Waals surface area contributed by atoms with Gasteiger partial charge in [0.25, 0.3) is 11.8 Å². The minimum Gasteiger partial charge on any atom is -0.378 e. The van der Waals surface area contributed by atoms with Gasteiger partial charge in [0.1, 0.15) is 11.6 Å². The fourth-order valence-corrected chi connectivity index (χ4v) is 1.53. The Bertz CT molecular complexity index is 481. The van der Waals surface area contributed by atoms with Crippen LogP contribution in [0.1, 0.15) is 0 Å². The molecule has 0 saturated carbocycles. The number of rotatable bonds is 7. The number of hydrogen-bond acceptors (Lipinski definition) is 4. The van der Waals surface area contributed by atoms with Crippen LogP contribution in [0, 0.1) is 17.9 Å². The lowest BCUT2D eigenvalue weighted by Gasteiger charge is -2.27. The monoisotopic (exact) mass is 290 g/mol. The first-order valence-corrected chi connectivity index (χ1v) is 5.97. The second kappa shape index (κ2) is 8.51. The summed E-state index contributed by atoms with van der Waals surface area (Å²) in [5, 5.41) is 8.63. The van der Waals surface area contributed by atoms with E-state index in [1.807, 2.05) is 0 Å². The summed E-state index contributed by atoms with van der Waals surface area (Å²) in [7, 11) is 4.47. The third kappa shape index (κ3) is 5.47. The van der Waals surface area contributed by atoms with Crippen molar-refractivity contribution in [3.8, 4) is 6.07 Å². The van der Waals surface area contributed by atoms with E-state index in [0.717, 1.165) is 0 Å². The van der Waals surface area contributed by atoms with Gasteiger partial charge in [0, 0.05) is 34.3 Å². The van der Waals surface area contributed by atoms with Gasteiger partial charge in [-0.15, -0.1) is 0 Å². The molecular weight excluding hydrogens is 272 g/mol. The van der Waals surface area contributed by atoms with Crippen LogP contribution in [-0.2, 0) is 14.3 Å². The molecule has 0 aliphatic rings. The van der Waals surface area contributed by atoms with Crippen molar-refractivity contribution in [2.24, 2.45) is 0 Å². The van der Waals surface area contributed by atoms with E-state index >= 15 is 0 Å². The highest BCUT2D eigenvalue weighted by Crippen LogP contribution is 2.04. The van der Waals surface area contributed by atoms with Crippen molar-refractivity contribution in [1.82, 2.24) is 9.80 Å². The van der Waals surface area contributed by atoms with E-state index in [9.17, 15) is 9.59 Å². The molecule has 0 bridgehead atoms. The minimum absolute atomic E-state index is 0.168. The van der Waals surface area contributed by atoms with Crippen LogP contribution >= 0.6 is 0 Å². The van der Waals surface area contributed by atoms with Crippen LogP contribution < -0.4 is 0 Å². The average molecular weight is 290 g/mol. The fraction of sp³-hybridized carbons (Fsp3) is 0.429. The zero-order valence-corrected chi connectivity index (χ0v) is 12.4. The quantitative estimate of drug-likeness (QED) is 0.387. The van der Waals surface area contributed by atoms with Crippen LogP contribution in [0.25, 0.3) is 4.85 Å². The molecule has 0 heterocycles. The number of carbonyl (C=O) groups excluding carboxylic acids is 2. The molecule has 0 radical (unpaired) electrons. The molecule has 0 spiro atoms. The molecular formula is C14H18N4O3. The minimum atomic E-state index is -0.501. The van der Waals surface area contributed by atoms with Crippen LogP contribution in [0.5, 0.6) is 0 Å². The predicted molar refractivity (Wildman–Crippen MR) is 76.6 cm³/mol. The van der Waals surface area contributed by atoms with Gasteiger partial charge in [-0.25, -0.2) is 4.85 Å². The summed E-state index contributed by atoms with van der Waals surface area (Å²) in [6.45, 7) is 13.8. The van der Waals surface area contributed by atoms with Crippen molar-refractivity contribution in [2.75, 3.05) is 34.3 Å². The van der Waals surface area contributed by atoms with E-state index < -0.39 is 17.9 Å². The molecule has 7 nitrogen and oxygen atoms in total. The van der Waals surface area contributed by atoms with Crippen molar-refractivity contribution in [1.29, 1.82) is 5.26 Å².